The van der Waals surface area contributed by atoms with E-state index in [2.05, 4.69) is 20.8 Å². The molecule has 1 N–H and O–H groups in total. The van der Waals surface area contributed by atoms with E-state index in [1.54, 1.807) is 0 Å². The van der Waals surface area contributed by atoms with E-state index >= 15 is 0 Å². The van der Waals surface area contributed by atoms with Gasteiger partial charge in [-0.3, -0.25) is 0 Å². The van der Waals surface area contributed by atoms with Crippen LogP contribution >= 0.6 is 0 Å². The van der Waals surface area contributed by atoms with Crippen LogP contribution in [-0.4, -0.2) is 5.71 Å². The zero-order valence-electron chi connectivity index (χ0n) is 6.70. The van der Waals surface area contributed by atoms with Gasteiger partial charge >= 0.3 is 0 Å². The summed E-state index contributed by atoms with van der Waals surface area (Å²) in [6.07, 6.45) is 3.08. The monoisotopic (exact) mass is 127 g/mol. The van der Waals surface area contributed by atoms with Crippen molar-refractivity contribution in [2.24, 2.45) is 5.92 Å². The van der Waals surface area contributed by atoms with Gasteiger partial charge in [-0.25, -0.2) is 0 Å². The lowest BCUT2D eigenvalue weighted by molar-refractivity contribution is 0.672. The fraction of sp³-hybridized carbons (Fsp3) is 0.875. The Morgan fingerprint density at radius 2 is 2.00 bits per heavy atom. The van der Waals surface area contributed by atoms with E-state index < -0.39 is 0 Å². The Balaban J connectivity index is 3.27. The SMILES string of the molecule is CCCC(=N)CC(C)C. The number of hydrogen-bond acceptors (Lipinski definition) is 1. The lowest BCUT2D eigenvalue weighted by Gasteiger charge is -2.03. The van der Waals surface area contributed by atoms with Gasteiger partial charge in [0.15, 0.2) is 0 Å². The molecule has 0 saturated carbocycles. The zero-order chi connectivity index (χ0) is 7.28. The molecule has 0 heterocycles. The highest BCUT2D eigenvalue weighted by atomic mass is 14.4. The summed E-state index contributed by atoms with van der Waals surface area (Å²) in [5, 5.41) is 7.42. The first-order chi connectivity index (χ1) is 4.16. The predicted molar refractivity (Wildman–Crippen MR) is 42.1 cm³/mol. The Bertz CT molecular complexity index is 84.6. The van der Waals surface area contributed by atoms with Gasteiger partial charge in [0.2, 0.25) is 0 Å². The van der Waals surface area contributed by atoms with Crippen molar-refractivity contribution in [3.63, 3.8) is 0 Å². The van der Waals surface area contributed by atoms with Gasteiger partial charge in [0.05, 0.1) is 0 Å². The summed E-state index contributed by atoms with van der Waals surface area (Å²) in [6.45, 7) is 6.43. The van der Waals surface area contributed by atoms with Crippen molar-refractivity contribution in [2.45, 2.75) is 40.0 Å². The third-order valence-corrected chi connectivity index (χ3v) is 1.21. The third-order valence-electron chi connectivity index (χ3n) is 1.21. The lowest BCUT2D eigenvalue weighted by atomic mass is 10.0. The number of nitrogens with one attached hydrogen (secondary N) is 1. The molecule has 0 aliphatic rings. The van der Waals surface area contributed by atoms with Gasteiger partial charge in [0.1, 0.15) is 0 Å². The first kappa shape index (κ1) is 8.67. The minimum Gasteiger partial charge on any atom is -0.310 e. The summed E-state index contributed by atoms with van der Waals surface area (Å²) >= 11 is 0. The van der Waals surface area contributed by atoms with Crippen molar-refractivity contribution >= 4 is 5.71 Å². The van der Waals surface area contributed by atoms with Crippen LogP contribution in [0.15, 0.2) is 0 Å². The van der Waals surface area contributed by atoms with Gasteiger partial charge < -0.3 is 5.41 Å². The van der Waals surface area contributed by atoms with Crippen LogP contribution in [0, 0.1) is 11.3 Å². The maximum Gasteiger partial charge on any atom is 0.00916 e. The van der Waals surface area contributed by atoms with Crippen LogP contribution in [0.5, 0.6) is 0 Å². The largest absolute Gasteiger partial charge is 0.310 e. The van der Waals surface area contributed by atoms with Crippen molar-refractivity contribution < 1.29 is 0 Å². The quantitative estimate of drug-likeness (QED) is 0.561. The van der Waals surface area contributed by atoms with Crippen LogP contribution < -0.4 is 0 Å². The third kappa shape index (κ3) is 5.54. The molecule has 0 radical (unpaired) electrons. The van der Waals surface area contributed by atoms with Gasteiger partial charge in [-0.05, 0) is 18.8 Å². The summed E-state index contributed by atoms with van der Waals surface area (Å²) in [5.74, 6) is 0.657. The highest BCUT2D eigenvalue weighted by Crippen LogP contribution is 2.03. The second-order valence-corrected chi connectivity index (χ2v) is 2.95. The molecule has 9 heavy (non-hydrogen) atoms. The summed E-state index contributed by atoms with van der Waals surface area (Å²) in [7, 11) is 0. The molecule has 0 aromatic carbocycles. The molecular weight excluding hydrogens is 110 g/mol. The van der Waals surface area contributed by atoms with Gasteiger partial charge in [-0.15, -0.1) is 0 Å². The molecule has 0 spiro atoms. The molecule has 1 heteroatoms. The minimum atomic E-state index is 0.657. The Kier molecular flexibility index (Phi) is 4.37. The lowest BCUT2D eigenvalue weighted by Crippen LogP contribution is -2.00. The average Bonchev–Trinajstić information content (AvgIpc) is 1.63. The van der Waals surface area contributed by atoms with E-state index in [0.29, 0.717) is 5.92 Å². The second kappa shape index (κ2) is 4.54. The molecular formula is C8H17N. The fourth-order valence-corrected chi connectivity index (χ4v) is 0.897. The van der Waals surface area contributed by atoms with E-state index in [-0.39, 0.29) is 0 Å². The second-order valence-electron chi connectivity index (χ2n) is 2.95. The molecule has 0 atom stereocenters. The normalized spacial score (nSPS) is 10.2. The Morgan fingerprint density at radius 3 is 2.33 bits per heavy atom. The minimum absolute atomic E-state index is 0.657. The maximum absolute atomic E-state index is 7.42. The highest BCUT2D eigenvalue weighted by molar-refractivity contribution is 5.81. The average molecular weight is 127 g/mol. The fourth-order valence-electron chi connectivity index (χ4n) is 0.897. The molecule has 0 aromatic rings. The van der Waals surface area contributed by atoms with Crippen LogP contribution in [0.25, 0.3) is 0 Å². The van der Waals surface area contributed by atoms with Crippen molar-refractivity contribution in [2.75, 3.05) is 0 Å². The van der Waals surface area contributed by atoms with E-state index in [1.807, 2.05) is 0 Å². The summed E-state index contributed by atoms with van der Waals surface area (Å²) in [4.78, 5) is 0. The van der Waals surface area contributed by atoms with Crippen molar-refractivity contribution in [3.8, 4) is 0 Å². The molecule has 0 rings (SSSR count). The molecule has 0 aromatic heterocycles. The van der Waals surface area contributed by atoms with Gasteiger partial charge in [-0.1, -0.05) is 27.2 Å². The number of rotatable bonds is 4. The van der Waals surface area contributed by atoms with Gasteiger partial charge in [0.25, 0.3) is 0 Å². The summed E-state index contributed by atoms with van der Waals surface area (Å²) < 4.78 is 0. The molecule has 0 saturated heterocycles. The first-order valence-corrected chi connectivity index (χ1v) is 3.73. The van der Waals surface area contributed by atoms with Crippen LogP contribution in [0.2, 0.25) is 0 Å². The Labute approximate surface area is 58.0 Å². The molecule has 0 aliphatic carbocycles. The molecule has 0 unspecified atom stereocenters. The Morgan fingerprint density at radius 1 is 1.44 bits per heavy atom. The molecule has 0 bridgehead atoms. The zero-order valence-corrected chi connectivity index (χ0v) is 6.70. The highest BCUT2D eigenvalue weighted by Gasteiger charge is 1.97. The van der Waals surface area contributed by atoms with E-state index in [9.17, 15) is 0 Å². The topological polar surface area (TPSA) is 23.9 Å². The smallest absolute Gasteiger partial charge is 0.00916 e. The molecule has 54 valence electrons. The summed E-state index contributed by atoms with van der Waals surface area (Å²) in [6, 6.07) is 0. The van der Waals surface area contributed by atoms with Crippen LogP contribution in [-0.2, 0) is 0 Å². The maximum atomic E-state index is 7.42. The van der Waals surface area contributed by atoms with Crippen LogP contribution in [0.4, 0.5) is 0 Å². The van der Waals surface area contributed by atoms with Gasteiger partial charge in [-0.2, -0.15) is 0 Å². The van der Waals surface area contributed by atoms with E-state index in [1.165, 1.54) is 0 Å². The van der Waals surface area contributed by atoms with Gasteiger partial charge in [0, 0.05) is 5.71 Å². The Hall–Kier alpha value is -0.330. The van der Waals surface area contributed by atoms with Crippen molar-refractivity contribution in [1.82, 2.24) is 0 Å². The van der Waals surface area contributed by atoms with Crippen LogP contribution in [0.3, 0.4) is 0 Å². The molecule has 0 fully saturated rings. The molecule has 0 aliphatic heterocycles. The van der Waals surface area contributed by atoms with Crippen molar-refractivity contribution in [1.29, 1.82) is 5.41 Å². The summed E-state index contributed by atoms with van der Waals surface area (Å²) in [5.41, 5.74) is 0.910. The van der Waals surface area contributed by atoms with E-state index in [4.69, 9.17) is 5.41 Å². The van der Waals surface area contributed by atoms with Crippen LogP contribution in [0.1, 0.15) is 40.0 Å². The van der Waals surface area contributed by atoms with E-state index in [0.717, 1.165) is 25.0 Å². The van der Waals surface area contributed by atoms with Crippen molar-refractivity contribution in [3.05, 3.63) is 0 Å². The standard InChI is InChI=1S/C8H17N/c1-4-5-8(9)6-7(2)3/h7,9H,4-6H2,1-3H3. The first-order valence-electron chi connectivity index (χ1n) is 3.73. The molecule has 1 nitrogen and oxygen atoms in total. The number of hydrogen-bond donors (Lipinski definition) is 1. The predicted octanol–water partition coefficient (Wildman–Crippen LogP) is 2.85. The molecule has 0 amide bonds.